The van der Waals surface area contributed by atoms with Crippen LogP contribution in [-0.4, -0.2) is 13.2 Å². The van der Waals surface area contributed by atoms with E-state index in [-0.39, 0.29) is 5.41 Å². The Bertz CT molecular complexity index is 628. The molecule has 0 spiro atoms. The summed E-state index contributed by atoms with van der Waals surface area (Å²) >= 11 is 1.87. The fraction of sp³-hybridized carbons (Fsp3) is 0.412. The molecule has 1 aromatic carbocycles. The summed E-state index contributed by atoms with van der Waals surface area (Å²) in [6.45, 7) is 8.83. The molecule has 0 bridgehead atoms. The first-order chi connectivity index (χ1) is 10.0. The van der Waals surface area contributed by atoms with E-state index in [0.29, 0.717) is 13.2 Å². The first-order valence-corrected chi connectivity index (χ1v) is 8.07. The van der Waals surface area contributed by atoms with Gasteiger partial charge in [-0.25, -0.2) is 0 Å². The molecule has 0 amide bonds. The van der Waals surface area contributed by atoms with Gasteiger partial charge < -0.3 is 14.8 Å². The number of hydrogen-bond acceptors (Lipinski definition) is 4. The third-order valence-corrected chi connectivity index (χ3v) is 4.92. The lowest BCUT2D eigenvalue weighted by Crippen LogP contribution is -2.15. The second-order valence-electron chi connectivity index (χ2n) is 6.23. The summed E-state index contributed by atoms with van der Waals surface area (Å²) in [4.78, 5) is 2.76. The van der Waals surface area contributed by atoms with Gasteiger partial charge in [-0.05, 0) is 29.7 Å². The zero-order chi connectivity index (χ0) is 14.9. The number of rotatable bonds is 3. The molecule has 3 nitrogen and oxygen atoms in total. The molecule has 0 fully saturated rings. The van der Waals surface area contributed by atoms with E-state index in [9.17, 15) is 0 Å². The molecule has 21 heavy (non-hydrogen) atoms. The van der Waals surface area contributed by atoms with E-state index in [0.717, 1.165) is 23.7 Å². The summed E-state index contributed by atoms with van der Waals surface area (Å²) in [5.74, 6) is 1.66. The van der Waals surface area contributed by atoms with Crippen molar-refractivity contribution in [1.82, 2.24) is 0 Å². The van der Waals surface area contributed by atoms with Crippen LogP contribution >= 0.6 is 11.3 Å². The number of ether oxygens (including phenoxy) is 2. The molecule has 3 rings (SSSR count). The van der Waals surface area contributed by atoms with Crippen molar-refractivity contribution in [1.29, 1.82) is 0 Å². The Morgan fingerprint density at radius 1 is 1.05 bits per heavy atom. The van der Waals surface area contributed by atoms with E-state index in [4.69, 9.17) is 9.47 Å². The van der Waals surface area contributed by atoms with Gasteiger partial charge >= 0.3 is 0 Å². The fourth-order valence-electron chi connectivity index (χ4n) is 2.22. The normalized spacial score (nSPS) is 14.0. The number of benzene rings is 1. The lowest BCUT2D eigenvalue weighted by Gasteiger charge is -2.19. The van der Waals surface area contributed by atoms with Gasteiger partial charge in [0.2, 0.25) is 0 Å². The molecule has 1 aliphatic heterocycles. The topological polar surface area (TPSA) is 30.5 Å². The van der Waals surface area contributed by atoms with Crippen LogP contribution in [0.25, 0.3) is 0 Å². The second-order valence-corrected chi connectivity index (χ2v) is 7.40. The quantitative estimate of drug-likeness (QED) is 0.910. The molecule has 112 valence electrons. The van der Waals surface area contributed by atoms with Crippen molar-refractivity contribution >= 4 is 17.0 Å². The van der Waals surface area contributed by atoms with Crippen LogP contribution in [-0.2, 0) is 12.0 Å². The SMILES string of the molecule is CC(C)(C)c1ccc(CNc2ccc3c(c2)OCCO3)s1. The molecule has 0 unspecified atom stereocenters. The number of thiophene rings is 1. The van der Waals surface area contributed by atoms with Crippen LogP contribution < -0.4 is 14.8 Å². The Labute approximate surface area is 129 Å². The van der Waals surface area contributed by atoms with Crippen molar-refractivity contribution in [2.45, 2.75) is 32.7 Å². The number of fused-ring (bicyclic) bond motifs is 1. The highest BCUT2D eigenvalue weighted by molar-refractivity contribution is 7.12. The number of anilines is 1. The summed E-state index contributed by atoms with van der Waals surface area (Å²) in [5.41, 5.74) is 1.28. The average Bonchev–Trinajstić information content (AvgIpc) is 2.94. The highest BCUT2D eigenvalue weighted by atomic mass is 32.1. The molecule has 0 aliphatic carbocycles. The first kappa shape index (κ1) is 14.3. The molecule has 2 heterocycles. The van der Waals surface area contributed by atoms with Gasteiger partial charge in [-0.15, -0.1) is 11.3 Å². The largest absolute Gasteiger partial charge is 0.486 e. The fourth-order valence-corrected chi connectivity index (χ4v) is 3.22. The van der Waals surface area contributed by atoms with Crippen molar-refractivity contribution in [3.63, 3.8) is 0 Å². The minimum atomic E-state index is 0.222. The van der Waals surface area contributed by atoms with Crippen LogP contribution in [0.1, 0.15) is 30.5 Å². The van der Waals surface area contributed by atoms with Crippen LogP contribution in [0.15, 0.2) is 30.3 Å². The van der Waals surface area contributed by atoms with Crippen LogP contribution in [0, 0.1) is 0 Å². The summed E-state index contributed by atoms with van der Waals surface area (Å²) in [6.07, 6.45) is 0. The molecule has 0 saturated carbocycles. The predicted molar refractivity (Wildman–Crippen MR) is 87.8 cm³/mol. The Hall–Kier alpha value is -1.68. The summed E-state index contributed by atoms with van der Waals surface area (Å²) < 4.78 is 11.1. The molecule has 1 aliphatic rings. The van der Waals surface area contributed by atoms with E-state index < -0.39 is 0 Å². The first-order valence-electron chi connectivity index (χ1n) is 7.25. The minimum absolute atomic E-state index is 0.222. The van der Waals surface area contributed by atoms with Gasteiger partial charge in [-0.2, -0.15) is 0 Å². The van der Waals surface area contributed by atoms with Gasteiger partial charge in [-0.3, -0.25) is 0 Å². The summed E-state index contributed by atoms with van der Waals surface area (Å²) in [6, 6.07) is 10.4. The van der Waals surface area contributed by atoms with Crippen molar-refractivity contribution < 1.29 is 9.47 Å². The Kier molecular flexibility index (Phi) is 3.81. The zero-order valence-corrected chi connectivity index (χ0v) is 13.5. The van der Waals surface area contributed by atoms with Gasteiger partial charge in [0.1, 0.15) is 13.2 Å². The Morgan fingerprint density at radius 2 is 1.81 bits per heavy atom. The molecular formula is C17H21NO2S. The summed E-state index contributed by atoms with van der Waals surface area (Å²) in [7, 11) is 0. The predicted octanol–water partition coefficient (Wildman–Crippen LogP) is 4.43. The van der Waals surface area contributed by atoms with Crippen molar-refractivity contribution in [3.8, 4) is 11.5 Å². The van der Waals surface area contributed by atoms with Crippen LogP contribution in [0.3, 0.4) is 0 Å². The van der Waals surface area contributed by atoms with Crippen LogP contribution in [0.4, 0.5) is 5.69 Å². The highest BCUT2D eigenvalue weighted by Crippen LogP contribution is 2.33. The second kappa shape index (κ2) is 5.60. The Morgan fingerprint density at radius 3 is 2.52 bits per heavy atom. The minimum Gasteiger partial charge on any atom is -0.486 e. The summed E-state index contributed by atoms with van der Waals surface area (Å²) in [5, 5.41) is 3.45. The van der Waals surface area contributed by atoms with E-state index in [1.807, 2.05) is 29.5 Å². The lowest BCUT2D eigenvalue weighted by molar-refractivity contribution is 0.171. The van der Waals surface area contributed by atoms with Gasteiger partial charge in [0, 0.05) is 28.1 Å². The molecule has 0 radical (unpaired) electrons. The van der Waals surface area contributed by atoms with Crippen molar-refractivity contribution in [2.24, 2.45) is 0 Å². The van der Waals surface area contributed by atoms with E-state index in [2.05, 4.69) is 38.2 Å². The van der Waals surface area contributed by atoms with E-state index in [1.165, 1.54) is 9.75 Å². The molecule has 0 atom stereocenters. The molecule has 1 aromatic heterocycles. The third kappa shape index (κ3) is 3.32. The lowest BCUT2D eigenvalue weighted by atomic mass is 9.95. The van der Waals surface area contributed by atoms with Gasteiger partial charge in [-0.1, -0.05) is 20.8 Å². The third-order valence-electron chi connectivity index (χ3n) is 3.41. The van der Waals surface area contributed by atoms with Gasteiger partial charge in [0.15, 0.2) is 11.5 Å². The molecule has 2 aromatic rings. The Balaban J connectivity index is 1.66. The van der Waals surface area contributed by atoms with Crippen LogP contribution in [0.2, 0.25) is 0 Å². The molecular weight excluding hydrogens is 282 g/mol. The standard InChI is InChI=1S/C17H21NO2S/c1-17(2,3)16-7-5-13(21-16)11-18-12-4-6-14-15(10-12)20-9-8-19-14/h4-7,10,18H,8-9,11H2,1-3H3. The van der Waals surface area contributed by atoms with Crippen molar-refractivity contribution in [3.05, 3.63) is 40.1 Å². The zero-order valence-electron chi connectivity index (χ0n) is 12.7. The maximum atomic E-state index is 5.60. The maximum Gasteiger partial charge on any atom is 0.163 e. The number of nitrogens with one attached hydrogen (secondary N) is 1. The highest BCUT2D eigenvalue weighted by Gasteiger charge is 2.16. The van der Waals surface area contributed by atoms with Crippen molar-refractivity contribution in [2.75, 3.05) is 18.5 Å². The molecule has 4 heteroatoms. The van der Waals surface area contributed by atoms with Crippen LogP contribution in [0.5, 0.6) is 11.5 Å². The van der Waals surface area contributed by atoms with E-state index >= 15 is 0 Å². The molecule has 1 N–H and O–H groups in total. The smallest absolute Gasteiger partial charge is 0.163 e. The average molecular weight is 303 g/mol. The number of hydrogen-bond donors (Lipinski definition) is 1. The maximum absolute atomic E-state index is 5.60. The van der Waals surface area contributed by atoms with Gasteiger partial charge in [0.05, 0.1) is 0 Å². The van der Waals surface area contributed by atoms with E-state index in [1.54, 1.807) is 0 Å². The molecule has 0 saturated heterocycles. The van der Waals surface area contributed by atoms with Gasteiger partial charge in [0.25, 0.3) is 0 Å². The monoisotopic (exact) mass is 303 g/mol.